The first-order valence-electron chi connectivity index (χ1n) is 6.29. The van der Waals surface area contributed by atoms with E-state index in [2.05, 4.69) is 0 Å². The van der Waals surface area contributed by atoms with Crippen molar-refractivity contribution in [1.82, 2.24) is 4.90 Å². The first-order valence-corrected chi connectivity index (χ1v) is 6.29. The SMILES string of the molecule is Cc1c(C(=O)N2CCCC(N)C2)cccc1[N+](=O)[O-].Cl. The third kappa shape index (κ3) is 3.26. The number of rotatable bonds is 2. The van der Waals surface area contributed by atoms with Crippen LogP contribution in [-0.2, 0) is 0 Å². The number of carbonyl (C=O) groups excluding carboxylic acids is 1. The largest absolute Gasteiger partial charge is 0.337 e. The second-order valence-electron chi connectivity index (χ2n) is 4.86. The first kappa shape index (κ1) is 16.4. The lowest BCUT2D eigenvalue weighted by Gasteiger charge is -2.31. The molecule has 0 aliphatic carbocycles. The van der Waals surface area contributed by atoms with Crippen molar-refractivity contribution in [3.63, 3.8) is 0 Å². The molecule has 1 aliphatic rings. The van der Waals surface area contributed by atoms with Gasteiger partial charge in [0.1, 0.15) is 0 Å². The molecule has 1 saturated heterocycles. The van der Waals surface area contributed by atoms with Crippen molar-refractivity contribution in [2.45, 2.75) is 25.8 Å². The predicted octanol–water partition coefficient (Wildman–Crippen LogP) is 1.89. The number of hydrogen-bond acceptors (Lipinski definition) is 4. The van der Waals surface area contributed by atoms with Crippen molar-refractivity contribution < 1.29 is 9.72 Å². The summed E-state index contributed by atoms with van der Waals surface area (Å²) < 4.78 is 0. The van der Waals surface area contributed by atoms with Crippen molar-refractivity contribution >= 4 is 24.0 Å². The zero-order chi connectivity index (χ0) is 14.0. The van der Waals surface area contributed by atoms with Crippen LogP contribution in [0.3, 0.4) is 0 Å². The van der Waals surface area contributed by atoms with Crippen LogP contribution in [0.2, 0.25) is 0 Å². The molecule has 1 atom stereocenters. The summed E-state index contributed by atoms with van der Waals surface area (Å²) in [6.45, 7) is 2.78. The van der Waals surface area contributed by atoms with E-state index in [0.29, 0.717) is 24.2 Å². The van der Waals surface area contributed by atoms with Crippen LogP contribution in [0.25, 0.3) is 0 Å². The van der Waals surface area contributed by atoms with E-state index in [1.54, 1.807) is 24.0 Å². The predicted molar refractivity (Wildman–Crippen MR) is 78.2 cm³/mol. The third-order valence-corrected chi connectivity index (χ3v) is 3.48. The molecule has 0 aromatic heterocycles. The average Bonchev–Trinajstić information content (AvgIpc) is 2.38. The maximum atomic E-state index is 12.4. The van der Waals surface area contributed by atoms with Crippen molar-refractivity contribution in [3.8, 4) is 0 Å². The number of carbonyl (C=O) groups is 1. The van der Waals surface area contributed by atoms with Crippen LogP contribution >= 0.6 is 12.4 Å². The fourth-order valence-corrected chi connectivity index (χ4v) is 2.42. The third-order valence-electron chi connectivity index (χ3n) is 3.48. The van der Waals surface area contributed by atoms with Gasteiger partial charge in [0.2, 0.25) is 0 Å². The molecule has 20 heavy (non-hydrogen) atoms. The Labute approximate surface area is 123 Å². The summed E-state index contributed by atoms with van der Waals surface area (Å²) in [7, 11) is 0. The van der Waals surface area contributed by atoms with Gasteiger partial charge in [-0.2, -0.15) is 0 Å². The van der Waals surface area contributed by atoms with E-state index in [9.17, 15) is 14.9 Å². The van der Waals surface area contributed by atoms with Gasteiger partial charge in [-0.15, -0.1) is 12.4 Å². The highest BCUT2D eigenvalue weighted by atomic mass is 35.5. The lowest BCUT2D eigenvalue weighted by Crippen LogP contribution is -2.45. The zero-order valence-electron chi connectivity index (χ0n) is 11.2. The lowest BCUT2D eigenvalue weighted by atomic mass is 10.0. The fourth-order valence-electron chi connectivity index (χ4n) is 2.42. The van der Waals surface area contributed by atoms with Gasteiger partial charge in [-0.05, 0) is 25.8 Å². The Morgan fingerprint density at radius 3 is 2.80 bits per heavy atom. The molecule has 7 heteroatoms. The number of benzene rings is 1. The Hall–Kier alpha value is -1.66. The number of nitrogens with two attached hydrogens (primary N) is 1. The topological polar surface area (TPSA) is 89.5 Å². The van der Waals surface area contributed by atoms with Crippen LogP contribution in [0.4, 0.5) is 5.69 Å². The molecule has 1 fully saturated rings. The van der Waals surface area contributed by atoms with E-state index in [-0.39, 0.29) is 30.0 Å². The highest BCUT2D eigenvalue weighted by molar-refractivity contribution is 5.96. The maximum absolute atomic E-state index is 12.4. The van der Waals surface area contributed by atoms with Crippen molar-refractivity contribution in [2.24, 2.45) is 5.73 Å². The molecule has 0 spiro atoms. The second kappa shape index (κ2) is 6.67. The Bertz CT molecular complexity index is 522. The minimum Gasteiger partial charge on any atom is -0.337 e. The molecule has 6 nitrogen and oxygen atoms in total. The molecular formula is C13H18ClN3O3. The van der Waals surface area contributed by atoms with Gasteiger partial charge in [-0.1, -0.05) is 6.07 Å². The minimum absolute atomic E-state index is 0. The van der Waals surface area contributed by atoms with Crippen LogP contribution in [0, 0.1) is 17.0 Å². The summed E-state index contributed by atoms with van der Waals surface area (Å²) in [4.78, 5) is 24.5. The van der Waals surface area contributed by atoms with Crippen LogP contribution in [0.5, 0.6) is 0 Å². The molecule has 110 valence electrons. The molecule has 2 N–H and O–H groups in total. The molecule has 1 amide bonds. The van der Waals surface area contributed by atoms with E-state index >= 15 is 0 Å². The van der Waals surface area contributed by atoms with Gasteiger partial charge >= 0.3 is 0 Å². The molecule has 1 aliphatic heterocycles. The molecule has 1 heterocycles. The highest BCUT2D eigenvalue weighted by Crippen LogP contribution is 2.23. The quantitative estimate of drug-likeness (QED) is 0.667. The fraction of sp³-hybridized carbons (Fsp3) is 0.462. The van der Waals surface area contributed by atoms with Gasteiger partial charge < -0.3 is 10.6 Å². The van der Waals surface area contributed by atoms with E-state index in [0.717, 1.165) is 12.8 Å². The Morgan fingerprint density at radius 2 is 2.20 bits per heavy atom. The van der Waals surface area contributed by atoms with Gasteiger partial charge in [-0.3, -0.25) is 14.9 Å². The second-order valence-corrected chi connectivity index (χ2v) is 4.86. The van der Waals surface area contributed by atoms with E-state index in [4.69, 9.17) is 5.73 Å². The monoisotopic (exact) mass is 299 g/mol. The lowest BCUT2D eigenvalue weighted by molar-refractivity contribution is -0.385. The number of nitro groups is 1. The Morgan fingerprint density at radius 1 is 1.50 bits per heavy atom. The molecule has 1 aromatic rings. The number of likely N-dealkylation sites (tertiary alicyclic amines) is 1. The number of hydrogen-bond donors (Lipinski definition) is 1. The Kier molecular flexibility index (Phi) is 5.47. The number of nitrogens with zero attached hydrogens (tertiary/aromatic N) is 2. The maximum Gasteiger partial charge on any atom is 0.273 e. The summed E-state index contributed by atoms with van der Waals surface area (Å²) in [5.41, 5.74) is 6.64. The van der Waals surface area contributed by atoms with Gasteiger partial charge in [0.15, 0.2) is 0 Å². The van der Waals surface area contributed by atoms with Crippen molar-refractivity contribution in [2.75, 3.05) is 13.1 Å². The molecule has 0 bridgehead atoms. The van der Waals surface area contributed by atoms with E-state index in [1.807, 2.05) is 0 Å². The minimum atomic E-state index is -0.464. The van der Waals surface area contributed by atoms with Crippen LogP contribution in [0.1, 0.15) is 28.8 Å². The van der Waals surface area contributed by atoms with Crippen LogP contribution in [-0.4, -0.2) is 34.9 Å². The van der Waals surface area contributed by atoms with Gasteiger partial charge in [0.05, 0.1) is 4.92 Å². The highest BCUT2D eigenvalue weighted by Gasteiger charge is 2.25. The van der Waals surface area contributed by atoms with Crippen molar-refractivity contribution in [3.05, 3.63) is 39.4 Å². The number of piperidine rings is 1. The zero-order valence-corrected chi connectivity index (χ0v) is 12.1. The summed E-state index contributed by atoms with van der Waals surface area (Å²) in [5, 5.41) is 10.9. The molecule has 0 radical (unpaired) electrons. The normalized spacial score (nSPS) is 18.3. The molecule has 0 saturated carbocycles. The Balaban J connectivity index is 0.00000200. The van der Waals surface area contributed by atoms with E-state index < -0.39 is 4.92 Å². The standard InChI is InChI=1S/C13H17N3O3.ClH/c1-9-11(5-2-6-12(9)16(18)19)13(17)15-7-3-4-10(14)8-15;/h2,5-6,10H,3-4,7-8,14H2,1H3;1H. The number of halogens is 1. The van der Waals surface area contributed by atoms with E-state index in [1.165, 1.54) is 6.07 Å². The average molecular weight is 300 g/mol. The summed E-state index contributed by atoms with van der Waals surface area (Å²) in [5.74, 6) is -0.170. The summed E-state index contributed by atoms with van der Waals surface area (Å²) in [6.07, 6.45) is 1.79. The molecule has 1 aromatic carbocycles. The number of nitro benzene ring substituents is 1. The number of amides is 1. The molecule has 1 unspecified atom stereocenters. The van der Waals surface area contributed by atoms with Crippen LogP contribution < -0.4 is 5.73 Å². The van der Waals surface area contributed by atoms with Gasteiger partial charge in [0.25, 0.3) is 11.6 Å². The smallest absolute Gasteiger partial charge is 0.273 e. The summed E-state index contributed by atoms with van der Waals surface area (Å²) in [6, 6.07) is 4.58. The molecular weight excluding hydrogens is 282 g/mol. The van der Waals surface area contributed by atoms with Gasteiger partial charge in [-0.25, -0.2) is 0 Å². The first-order chi connectivity index (χ1) is 9.00. The van der Waals surface area contributed by atoms with Gasteiger partial charge in [0, 0.05) is 36.3 Å². The summed E-state index contributed by atoms with van der Waals surface area (Å²) >= 11 is 0. The van der Waals surface area contributed by atoms with Crippen LogP contribution in [0.15, 0.2) is 18.2 Å². The van der Waals surface area contributed by atoms with Crippen molar-refractivity contribution in [1.29, 1.82) is 0 Å². The molecule has 2 rings (SSSR count).